The summed E-state index contributed by atoms with van der Waals surface area (Å²) in [7, 11) is 10.9. The van der Waals surface area contributed by atoms with Crippen molar-refractivity contribution in [3.63, 3.8) is 0 Å². The second-order valence-corrected chi connectivity index (χ2v) is 13.6. The summed E-state index contributed by atoms with van der Waals surface area (Å²) in [5.41, 5.74) is 6.65. The van der Waals surface area contributed by atoms with Crippen molar-refractivity contribution in [1.29, 1.82) is 0 Å². The van der Waals surface area contributed by atoms with E-state index in [0.717, 1.165) is 54.8 Å². The maximum atomic E-state index is 13.4. The maximum absolute atomic E-state index is 13.4. The highest BCUT2D eigenvalue weighted by atomic mass is 16.6. The summed E-state index contributed by atoms with van der Waals surface area (Å²) in [6.07, 6.45) is 2.57. The Kier molecular flexibility index (Phi) is 9.72. The number of ether oxygens (including phenoxy) is 6. The molecule has 0 spiro atoms. The van der Waals surface area contributed by atoms with E-state index in [1.807, 2.05) is 37.3 Å². The van der Waals surface area contributed by atoms with E-state index >= 15 is 0 Å². The van der Waals surface area contributed by atoms with Gasteiger partial charge in [-0.05, 0) is 117 Å². The summed E-state index contributed by atoms with van der Waals surface area (Å²) in [5, 5.41) is 0. The number of carbonyl (C=O) groups is 1. The van der Waals surface area contributed by atoms with Crippen molar-refractivity contribution in [2.24, 2.45) is 0 Å². The first kappa shape index (κ1) is 34.5. The summed E-state index contributed by atoms with van der Waals surface area (Å²) in [6, 6.07) is 20.5. The quantitative estimate of drug-likeness (QED) is 0.210. The molecule has 10 nitrogen and oxygen atoms in total. The van der Waals surface area contributed by atoms with Gasteiger partial charge < -0.3 is 33.3 Å². The van der Waals surface area contributed by atoms with Gasteiger partial charge in [0.15, 0.2) is 34.5 Å². The zero-order valence-corrected chi connectivity index (χ0v) is 30.6. The summed E-state index contributed by atoms with van der Waals surface area (Å²) in [6.45, 7) is 4.12. The Morgan fingerprint density at radius 3 is 2.10 bits per heavy atom. The average molecular weight is 694 g/mol. The summed E-state index contributed by atoms with van der Waals surface area (Å²) >= 11 is 0. The van der Waals surface area contributed by atoms with Crippen LogP contribution in [0.1, 0.15) is 52.4 Å². The molecule has 8 rings (SSSR count). The molecule has 2 atom stereocenters. The number of benzene rings is 4. The molecule has 4 heterocycles. The van der Waals surface area contributed by atoms with Crippen LogP contribution in [-0.4, -0.2) is 82.9 Å². The minimum absolute atomic E-state index is 0.0954. The van der Waals surface area contributed by atoms with Crippen LogP contribution in [0.5, 0.6) is 46.0 Å². The molecule has 0 N–H and O–H groups in total. The van der Waals surface area contributed by atoms with Crippen molar-refractivity contribution in [3.8, 4) is 46.0 Å². The van der Waals surface area contributed by atoms with Gasteiger partial charge in [0, 0.05) is 44.3 Å². The van der Waals surface area contributed by atoms with Crippen molar-refractivity contribution < 1.29 is 33.2 Å². The van der Waals surface area contributed by atoms with E-state index in [-0.39, 0.29) is 17.8 Å². The lowest BCUT2D eigenvalue weighted by Crippen LogP contribution is -2.34. The van der Waals surface area contributed by atoms with Gasteiger partial charge >= 0.3 is 6.09 Å². The van der Waals surface area contributed by atoms with Crippen molar-refractivity contribution in [2.45, 2.75) is 44.7 Å². The molecule has 51 heavy (non-hydrogen) atoms. The van der Waals surface area contributed by atoms with E-state index in [1.165, 1.54) is 21.6 Å². The third-order valence-corrected chi connectivity index (χ3v) is 10.6. The molecule has 4 aliphatic rings. The van der Waals surface area contributed by atoms with E-state index < -0.39 is 6.09 Å². The monoisotopic (exact) mass is 693 g/mol. The largest absolute Gasteiger partial charge is 0.493 e. The van der Waals surface area contributed by atoms with Crippen molar-refractivity contribution in [3.05, 3.63) is 94.0 Å². The fourth-order valence-corrected chi connectivity index (χ4v) is 7.47. The number of amides is 1. The highest BCUT2D eigenvalue weighted by Gasteiger charge is 2.36. The first-order chi connectivity index (χ1) is 24.7. The molecular weight excluding hydrogens is 646 g/mol. The van der Waals surface area contributed by atoms with Gasteiger partial charge in [0.2, 0.25) is 5.75 Å². The fraction of sp³-hybridized carbons (Fsp3) is 0.390. The predicted octanol–water partition coefficient (Wildman–Crippen LogP) is 7.60. The number of carbonyl (C=O) groups excluding carboxylic acids is 1. The molecule has 0 saturated heterocycles. The van der Waals surface area contributed by atoms with Gasteiger partial charge in [-0.25, -0.2) is 4.79 Å². The number of hydrogen-bond donors (Lipinski definition) is 0. The van der Waals surface area contributed by atoms with Gasteiger partial charge in [0.05, 0.1) is 21.3 Å². The number of hydrogen-bond acceptors (Lipinski definition) is 9. The Morgan fingerprint density at radius 2 is 1.39 bits per heavy atom. The van der Waals surface area contributed by atoms with Crippen molar-refractivity contribution in [2.75, 3.05) is 62.1 Å². The Hall–Kier alpha value is -4.93. The molecule has 0 saturated carbocycles. The lowest BCUT2D eigenvalue weighted by molar-refractivity contribution is 0.161. The van der Waals surface area contributed by atoms with E-state index in [0.29, 0.717) is 47.5 Å². The molecule has 268 valence electrons. The van der Waals surface area contributed by atoms with Crippen LogP contribution in [0.3, 0.4) is 0 Å². The van der Waals surface area contributed by atoms with Gasteiger partial charge in [-0.3, -0.25) is 9.80 Å². The molecule has 10 heteroatoms. The Labute approximate surface area is 300 Å². The number of rotatable bonds is 5. The number of methoxy groups -OCH3 is 3. The fourth-order valence-electron chi connectivity index (χ4n) is 7.47. The van der Waals surface area contributed by atoms with Gasteiger partial charge in [0.25, 0.3) is 0 Å². The number of fused-ring (bicyclic) bond motifs is 2. The normalized spacial score (nSPS) is 18.3. The molecule has 6 bridgehead atoms. The SMILES string of the molecule is CCN(C)C(=O)Oc1c(OC)cc2c3c1Oc1cc4c(cc1OC)CCN(C)[C@H]4Cc1ccc(cc1)Oc1cc(ccc1OC)C[C@@H]3N(C)CC2. The third kappa shape index (κ3) is 6.66. The van der Waals surface area contributed by atoms with Gasteiger partial charge in [-0.15, -0.1) is 0 Å². The highest BCUT2D eigenvalue weighted by Crippen LogP contribution is 2.52. The molecule has 4 aliphatic heterocycles. The number of likely N-dealkylation sites (N-methyl/N-ethyl adjacent to an activating group) is 2. The molecule has 0 radical (unpaired) electrons. The van der Waals surface area contributed by atoms with E-state index in [4.69, 9.17) is 28.4 Å². The van der Waals surface area contributed by atoms with Gasteiger partial charge in [-0.1, -0.05) is 18.2 Å². The Balaban J connectivity index is 1.48. The average Bonchev–Trinajstić information content (AvgIpc) is 3.14. The van der Waals surface area contributed by atoms with Crippen LogP contribution in [0, 0.1) is 0 Å². The lowest BCUT2D eigenvalue weighted by Gasteiger charge is -2.37. The molecule has 0 unspecified atom stereocenters. The smallest absolute Gasteiger partial charge is 0.415 e. The molecule has 0 fully saturated rings. The van der Waals surface area contributed by atoms with Crippen molar-refractivity contribution >= 4 is 6.09 Å². The van der Waals surface area contributed by atoms with Crippen LogP contribution >= 0.6 is 0 Å². The Bertz CT molecular complexity index is 1930. The standard InChI is InChI=1S/C41H47N3O7/c1-8-42(2)41(45)51-39-37(48-7)23-28-16-18-44(4)32-20-26-11-14-33(46-5)35(21-26)49-29-12-9-25(10-13-29)19-31-30-24-36(50-40(39)38(28)32)34(47-6)22-27(30)15-17-43(31)3/h9-14,21-24,31-32H,8,15-20H2,1-7H3/t31-,32-/m0/s1. The minimum atomic E-state index is -0.502. The first-order valence-electron chi connectivity index (χ1n) is 17.6. The highest BCUT2D eigenvalue weighted by molar-refractivity contribution is 5.75. The molecule has 1 amide bonds. The second kappa shape index (κ2) is 14.4. The van der Waals surface area contributed by atoms with Gasteiger partial charge in [0.1, 0.15) is 5.75 Å². The van der Waals surface area contributed by atoms with Gasteiger partial charge in [-0.2, -0.15) is 0 Å². The predicted molar refractivity (Wildman–Crippen MR) is 195 cm³/mol. The zero-order chi connectivity index (χ0) is 35.8. The Morgan fingerprint density at radius 1 is 0.765 bits per heavy atom. The van der Waals surface area contributed by atoms with E-state index in [2.05, 4.69) is 54.2 Å². The molecule has 0 aromatic heterocycles. The minimum Gasteiger partial charge on any atom is -0.493 e. The molecule has 0 aliphatic carbocycles. The summed E-state index contributed by atoms with van der Waals surface area (Å²) in [5.74, 6) is 4.32. The summed E-state index contributed by atoms with van der Waals surface area (Å²) < 4.78 is 37.4. The zero-order valence-electron chi connectivity index (χ0n) is 30.6. The van der Waals surface area contributed by atoms with Crippen LogP contribution in [0.25, 0.3) is 0 Å². The van der Waals surface area contributed by atoms with Crippen LogP contribution in [0.15, 0.2) is 60.7 Å². The van der Waals surface area contributed by atoms with E-state index in [1.54, 1.807) is 28.4 Å². The molecule has 4 aromatic rings. The van der Waals surface area contributed by atoms with Crippen molar-refractivity contribution in [1.82, 2.24) is 14.7 Å². The number of nitrogens with zero attached hydrogens (tertiary/aromatic N) is 3. The summed E-state index contributed by atoms with van der Waals surface area (Å²) in [4.78, 5) is 19.7. The van der Waals surface area contributed by atoms with E-state index in [9.17, 15) is 4.79 Å². The molecule has 4 aromatic carbocycles. The first-order valence-corrected chi connectivity index (χ1v) is 17.6. The third-order valence-electron chi connectivity index (χ3n) is 10.6. The second-order valence-electron chi connectivity index (χ2n) is 13.6. The van der Waals surface area contributed by atoms with Crippen LogP contribution < -0.4 is 28.4 Å². The molecular formula is C41H47N3O7. The van der Waals surface area contributed by atoms with Crippen LogP contribution in [0.4, 0.5) is 4.79 Å². The van der Waals surface area contributed by atoms with Crippen LogP contribution in [0.2, 0.25) is 0 Å². The maximum Gasteiger partial charge on any atom is 0.415 e. The van der Waals surface area contributed by atoms with Crippen LogP contribution in [-0.2, 0) is 25.7 Å². The lowest BCUT2D eigenvalue weighted by atomic mass is 9.87. The topological polar surface area (TPSA) is 82.2 Å².